The monoisotopic (exact) mass is 248 g/mol. The first-order valence-electron chi connectivity index (χ1n) is 6.79. The molecule has 0 radical (unpaired) electrons. The molecule has 2 heterocycles. The summed E-state index contributed by atoms with van der Waals surface area (Å²) >= 11 is 0. The van der Waals surface area contributed by atoms with Crippen LogP contribution in [0.5, 0.6) is 0 Å². The van der Waals surface area contributed by atoms with Gasteiger partial charge in [-0.25, -0.2) is 0 Å². The van der Waals surface area contributed by atoms with Crippen molar-refractivity contribution in [3.8, 4) is 0 Å². The molecule has 0 aliphatic carbocycles. The molecule has 0 N–H and O–H groups in total. The summed E-state index contributed by atoms with van der Waals surface area (Å²) in [5, 5.41) is 8.66. The molecule has 1 fully saturated rings. The second-order valence-electron chi connectivity index (χ2n) is 5.83. The fraction of sp³-hybridized carbons (Fsp3) is 0.714. The van der Waals surface area contributed by atoms with E-state index < -0.39 is 0 Å². The lowest BCUT2D eigenvalue weighted by Gasteiger charge is -2.19. The Morgan fingerprint density at radius 3 is 2.67 bits per heavy atom. The minimum absolute atomic E-state index is 0.451. The third-order valence-corrected chi connectivity index (χ3v) is 3.50. The van der Waals surface area contributed by atoms with E-state index in [0.717, 1.165) is 37.1 Å². The average molecular weight is 248 g/mol. The van der Waals surface area contributed by atoms with E-state index in [0.29, 0.717) is 5.92 Å². The zero-order chi connectivity index (χ0) is 13.1. The molecule has 1 aliphatic rings. The average Bonchev–Trinajstić information content (AvgIpc) is 2.76. The molecule has 1 aliphatic heterocycles. The first-order chi connectivity index (χ1) is 8.56. The minimum atomic E-state index is 0.451. The van der Waals surface area contributed by atoms with Crippen LogP contribution in [-0.4, -0.2) is 48.8 Å². The zero-order valence-corrected chi connectivity index (χ0v) is 11.9. The molecule has 0 amide bonds. The fourth-order valence-electron chi connectivity index (χ4n) is 2.52. The lowest BCUT2D eigenvalue weighted by Crippen LogP contribution is -2.26. The maximum atomic E-state index is 4.36. The van der Waals surface area contributed by atoms with E-state index in [-0.39, 0.29) is 0 Å². The summed E-state index contributed by atoms with van der Waals surface area (Å²) in [5.74, 6) is 2.24. The van der Waals surface area contributed by atoms with Crippen molar-refractivity contribution in [3.63, 3.8) is 0 Å². The van der Waals surface area contributed by atoms with Crippen molar-refractivity contribution >= 4 is 5.82 Å². The molecule has 4 nitrogen and oxygen atoms in total. The van der Waals surface area contributed by atoms with Crippen molar-refractivity contribution < 1.29 is 0 Å². The van der Waals surface area contributed by atoms with Gasteiger partial charge in [-0.3, -0.25) is 0 Å². The predicted molar refractivity (Wildman–Crippen MR) is 75.0 cm³/mol. The van der Waals surface area contributed by atoms with Crippen molar-refractivity contribution in [1.82, 2.24) is 15.1 Å². The summed E-state index contributed by atoms with van der Waals surface area (Å²) in [4.78, 5) is 4.62. The molecular weight excluding hydrogens is 224 g/mol. The Labute approximate surface area is 110 Å². The highest BCUT2D eigenvalue weighted by molar-refractivity contribution is 5.38. The quantitative estimate of drug-likeness (QED) is 0.815. The summed E-state index contributed by atoms with van der Waals surface area (Å²) in [5.41, 5.74) is 1.07. The highest BCUT2D eigenvalue weighted by Crippen LogP contribution is 2.22. The van der Waals surface area contributed by atoms with Gasteiger partial charge in [0, 0.05) is 19.6 Å². The second-order valence-corrected chi connectivity index (χ2v) is 5.83. The van der Waals surface area contributed by atoms with E-state index in [4.69, 9.17) is 0 Å². The molecule has 1 saturated heterocycles. The Kier molecular flexibility index (Phi) is 4.17. The topological polar surface area (TPSA) is 32.3 Å². The molecule has 2 rings (SSSR count). The Morgan fingerprint density at radius 1 is 1.33 bits per heavy atom. The van der Waals surface area contributed by atoms with Crippen LogP contribution in [0.2, 0.25) is 0 Å². The molecule has 0 saturated carbocycles. The SMILES string of the molecule is CC(C)c1ccc(N2CCC(CN(C)C)C2)nn1. The van der Waals surface area contributed by atoms with Gasteiger partial charge < -0.3 is 9.80 Å². The number of hydrogen-bond donors (Lipinski definition) is 0. The van der Waals surface area contributed by atoms with Gasteiger partial charge in [0.15, 0.2) is 5.82 Å². The van der Waals surface area contributed by atoms with Crippen molar-refractivity contribution in [1.29, 1.82) is 0 Å². The van der Waals surface area contributed by atoms with Gasteiger partial charge in [-0.15, -0.1) is 5.10 Å². The minimum Gasteiger partial charge on any atom is -0.355 e. The van der Waals surface area contributed by atoms with Gasteiger partial charge in [0.1, 0.15) is 0 Å². The number of rotatable bonds is 4. The van der Waals surface area contributed by atoms with Gasteiger partial charge in [0.25, 0.3) is 0 Å². The maximum absolute atomic E-state index is 4.36. The van der Waals surface area contributed by atoms with Gasteiger partial charge in [-0.05, 0) is 44.5 Å². The van der Waals surface area contributed by atoms with Gasteiger partial charge in [-0.2, -0.15) is 5.10 Å². The molecule has 4 heteroatoms. The Hall–Kier alpha value is -1.16. The van der Waals surface area contributed by atoms with Crippen LogP contribution in [0.1, 0.15) is 31.9 Å². The summed E-state index contributed by atoms with van der Waals surface area (Å²) in [6, 6.07) is 4.21. The predicted octanol–water partition coefficient (Wildman–Crippen LogP) is 1.99. The van der Waals surface area contributed by atoms with E-state index in [9.17, 15) is 0 Å². The molecule has 100 valence electrons. The second kappa shape index (κ2) is 5.65. The summed E-state index contributed by atoms with van der Waals surface area (Å²) in [7, 11) is 4.28. The van der Waals surface area contributed by atoms with Crippen LogP contribution in [0.3, 0.4) is 0 Å². The summed E-state index contributed by atoms with van der Waals surface area (Å²) in [6.07, 6.45) is 1.26. The van der Waals surface area contributed by atoms with E-state index >= 15 is 0 Å². The number of aromatic nitrogens is 2. The highest BCUT2D eigenvalue weighted by Gasteiger charge is 2.24. The number of nitrogens with zero attached hydrogens (tertiary/aromatic N) is 4. The molecule has 0 aromatic carbocycles. The molecule has 0 spiro atoms. The van der Waals surface area contributed by atoms with E-state index in [1.807, 2.05) is 0 Å². The Bertz CT molecular complexity index is 372. The highest BCUT2D eigenvalue weighted by atomic mass is 15.3. The van der Waals surface area contributed by atoms with Crippen molar-refractivity contribution in [3.05, 3.63) is 17.8 Å². The van der Waals surface area contributed by atoms with Crippen LogP contribution < -0.4 is 4.90 Å². The zero-order valence-electron chi connectivity index (χ0n) is 11.9. The lowest BCUT2D eigenvalue weighted by atomic mass is 10.1. The van der Waals surface area contributed by atoms with Gasteiger partial charge in [-0.1, -0.05) is 13.8 Å². The van der Waals surface area contributed by atoms with Gasteiger partial charge >= 0.3 is 0 Å². The number of anilines is 1. The fourth-order valence-corrected chi connectivity index (χ4v) is 2.52. The van der Waals surface area contributed by atoms with Crippen molar-refractivity contribution in [2.45, 2.75) is 26.2 Å². The Balaban J connectivity index is 1.96. The standard InChI is InChI=1S/C14H24N4/c1-11(2)13-5-6-14(16-15-13)18-8-7-12(10-18)9-17(3)4/h5-6,11-12H,7-10H2,1-4H3. The van der Waals surface area contributed by atoms with Crippen molar-refractivity contribution in [2.24, 2.45) is 5.92 Å². The molecule has 1 aromatic heterocycles. The van der Waals surface area contributed by atoms with Crippen LogP contribution in [0.15, 0.2) is 12.1 Å². The number of hydrogen-bond acceptors (Lipinski definition) is 4. The van der Waals surface area contributed by atoms with Gasteiger partial charge in [0.05, 0.1) is 5.69 Å². The molecule has 18 heavy (non-hydrogen) atoms. The summed E-state index contributed by atoms with van der Waals surface area (Å²) in [6.45, 7) is 7.66. The molecule has 1 unspecified atom stereocenters. The lowest BCUT2D eigenvalue weighted by molar-refractivity contribution is 0.340. The molecule has 1 aromatic rings. The van der Waals surface area contributed by atoms with E-state index in [2.05, 4.69) is 60.1 Å². The molecular formula is C14H24N4. The van der Waals surface area contributed by atoms with Crippen LogP contribution in [0.4, 0.5) is 5.82 Å². The maximum Gasteiger partial charge on any atom is 0.151 e. The third kappa shape index (κ3) is 3.19. The first-order valence-corrected chi connectivity index (χ1v) is 6.79. The van der Waals surface area contributed by atoms with Gasteiger partial charge in [0.2, 0.25) is 0 Å². The van der Waals surface area contributed by atoms with Crippen molar-refractivity contribution in [2.75, 3.05) is 38.6 Å². The van der Waals surface area contributed by atoms with Crippen LogP contribution in [0, 0.1) is 5.92 Å². The Morgan fingerprint density at radius 2 is 2.11 bits per heavy atom. The molecule has 1 atom stereocenters. The van der Waals surface area contributed by atoms with Crippen LogP contribution in [0.25, 0.3) is 0 Å². The third-order valence-electron chi connectivity index (χ3n) is 3.50. The smallest absolute Gasteiger partial charge is 0.151 e. The normalized spacial score (nSPS) is 20.1. The van der Waals surface area contributed by atoms with E-state index in [1.54, 1.807) is 0 Å². The summed E-state index contributed by atoms with van der Waals surface area (Å²) < 4.78 is 0. The van der Waals surface area contributed by atoms with Crippen LogP contribution >= 0.6 is 0 Å². The van der Waals surface area contributed by atoms with Crippen LogP contribution in [-0.2, 0) is 0 Å². The first kappa shape index (κ1) is 13.3. The largest absolute Gasteiger partial charge is 0.355 e. The van der Waals surface area contributed by atoms with E-state index in [1.165, 1.54) is 6.42 Å². The molecule has 0 bridgehead atoms.